The lowest BCUT2D eigenvalue weighted by Gasteiger charge is -2.08. The fourth-order valence-corrected chi connectivity index (χ4v) is 2.93. The number of sulfonamides is 1. The zero-order chi connectivity index (χ0) is 15.5. The van der Waals surface area contributed by atoms with Gasteiger partial charge in [0.2, 0.25) is 10.0 Å². The van der Waals surface area contributed by atoms with Gasteiger partial charge in [-0.05, 0) is 41.8 Å². The van der Waals surface area contributed by atoms with Crippen molar-refractivity contribution in [2.45, 2.75) is 11.8 Å². The molecule has 2 rings (SSSR count). The van der Waals surface area contributed by atoms with Crippen molar-refractivity contribution in [2.24, 2.45) is 0 Å². The van der Waals surface area contributed by atoms with Crippen molar-refractivity contribution >= 4 is 15.7 Å². The van der Waals surface area contributed by atoms with Crippen LogP contribution in [-0.2, 0) is 10.0 Å². The minimum atomic E-state index is -3.57. The molecule has 5 nitrogen and oxygen atoms in total. The van der Waals surface area contributed by atoms with Crippen molar-refractivity contribution in [3.05, 3.63) is 48.0 Å². The number of nitrogen functional groups attached to an aromatic ring is 1. The molecule has 4 N–H and O–H groups in total. The first-order chi connectivity index (χ1) is 9.94. The Hall–Kier alpha value is -1.89. The van der Waals surface area contributed by atoms with E-state index in [0.29, 0.717) is 5.69 Å². The lowest BCUT2D eigenvalue weighted by Crippen LogP contribution is -2.26. The minimum absolute atomic E-state index is 0.00141. The molecule has 2 aromatic rings. The van der Waals surface area contributed by atoms with Gasteiger partial charge in [-0.25, -0.2) is 13.1 Å². The minimum Gasteiger partial charge on any atom is -0.398 e. The highest BCUT2D eigenvalue weighted by atomic mass is 32.2. The maximum atomic E-state index is 11.9. The number of rotatable bonds is 5. The molecule has 0 amide bonds. The van der Waals surface area contributed by atoms with Crippen LogP contribution in [0.5, 0.6) is 0 Å². The fraction of sp³-hybridized carbons (Fsp3) is 0.200. The first-order valence-electron chi connectivity index (χ1n) is 6.51. The van der Waals surface area contributed by atoms with Gasteiger partial charge in [0.15, 0.2) is 0 Å². The summed E-state index contributed by atoms with van der Waals surface area (Å²) in [5.41, 5.74) is 9.42. The third kappa shape index (κ3) is 3.60. The van der Waals surface area contributed by atoms with Gasteiger partial charge in [0.25, 0.3) is 0 Å². The molecule has 6 heteroatoms. The second-order valence-electron chi connectivity index (χ2n) is 4.72. The van der Waals surface area contributed by atoms with Gasteiger partial charge in [0.05, 0.1) is 11.5 Å². The molecule has 0 unspecified atom stereocenters. The van der Waals surface area contributed by atoms with Crippen molar-refractivity contribution in [3.63, 3.8) is 0 Å². The predicted molar refractivity (Wildman–Crippen MR) is 83.3 cm³/mol. The van der Waals surface area contributed by atoms with E-state index in [9.17, 15) is 8.42 Å². The Bertz CT molecular complexity index is 725. The molecule has 0 aliphatic rings. The fourth-order valence-electron chi connectivity index (χ4n) is 1.91. The number of aliphatic hydroxyl groups is 1. The average Bonchev–Trinajstić information content (AvgIpc) is 2.48. The molecule has 2 aromatic carbocycles. The summed E-state index contributed by atoms with van der Waals surface area (Å²) in [5.74, 6) is 0. The molecule has 0 saturated heterocycles. The van der Waals surface area contributed by atoms with E-state index in [1.165, 1.54) is 12.1 Å². The Kier molecular flexibility index (Phi) is 4.62. The van der Waals surface area contributed by atoms with Gasteiger partial charge in [0, 0.05) is 12.2 Å². The summed E-state index contributed by atoms with van der Waals surface area (Å²) in [4.78, 5) is 0.166. The molecule has 112 valence electrons. The van der Waals surface area contributed by atoms with Crippen LogP contribution < -0.4 is 10.5 Å². The van der Waals surface area contributed by atoms with Crippen LogP contribution in [0.15, 0.2) is 47.4 Å². The van der Waals surface area contributed by atoms with Gasteiger partial charge in [-0.3, -0.25) is 0 Å². The number of aliphatic hydroxyl groups excluding tert-OH is 1. The molecule has 0 fully saturated rings. The Balaban J connectivity index is 2.28. The number of nitrogens with two attached hydrogens (primary N) is 1. The topological polar surface area (TPSA) is 92.4 Å². The normalized spacial score (nSPS) is 11.5. The van der Waals surface area contributed by atoms with Crippen LogP contribution in [0, 0.1) is 6.92 Å². The standard InChI is InChI=1S/C15H18N2O3S/c1-11-2-3-13(10-15(11)16)12-4-6-14(7-5-12)21(19,20)17-8-9-18/h2-7,10,17-18H,8-9,16H2,1H3. The second-order valence-corrected chi connectivity index (χ2v) is 6.48. The zero-order valence-electron chi connectivity index (χ0n) is 11.7. The number of aryl methyl sites for hydroxylation is 1. The summed E-state index contributed by atoms with van der Waals surface area (Å²) in [6.07, 6.45) is 0. The smallest absolute Gasteiger partial charge is 0.240 e. The summed E-state index contributed by atoms with van der Waals surface area (Å²) in [7, 11) is -3.57. The molecule has 0 radical (unpaired) electrons. The van der Waals surface area contributed by atoms with Crippen molar-refractivity contribution in [3.8, 4) is 11.1 Å². The lowest BCUT2D eigenvalue weighted by atomic mass is 10.0. The Labute approximate surface area is 124 Å². The third-order valence-corrected chi connectivity index (χ3v) is 4.66. The first kappa shape index (κ1) is 15.5. The van der Waals surface area contributed by atoms with Gasteiger partial charge in [-0.15, -0.1) is 0 Å². The lowest BCUT2D eigenvalue weighted by molar-refractivity contribution is 0.301. The van der Waals surface area contributed by atoms with Crippen LogP contribution in [0.1, 0.15) is 5.56 Å². The van der Waals surface area contributed by atoms with Crippen LogP contribution >= 0.6 is 0 Å². The maximum absolute atomic E-state index is 11.9. The van der Waals surface area contributed by atoms with E-state index in [1.54, 1.807) is 12.1 Å². The average molecular weight is 306 g/mol. The molecule has 0 saturated carbocycles. The first-order valence-corrected chi connectivity index (χ1v) is 7.99. The zero-order valence-corrected chi connectivity index (χ0v) is 12.5. The maximum Gasteiger partial charge on any atom is 0.240 e. The highest BCUT2D eigenvalue weighted by Crippen LogP contribution is 2.24. The molecule has 0 aliphatic carbocycles. The van der Waals surface area contributed by atoms with Crippen molar-refractivity contribution in [1.82, 2.24) is 4.72 Å². The number of hydrogen-bond donors (Lipinski definition) is 3. The van der Waals surface area contributed by atoms with E-state index in [-0.39, 0.29) is 18.0 Å². The van der Waals surface area contributed by atoms with Crippen LogP contribution in [0.25, 0.3) is 11.1 Å². The van der Waals surface area contributed by atoms with Gasteiger partial charge < -0.3 is 10.8 Å². The second kappa shape index (κ2) is 6.26. The monoisotopic (exact) mass is 306 g/mol. The van der Waals surface area contributed by atoms with Gasteiger partial charge in [-0.2, -0.15) is 0 Å². The van der Waals surface area contributed by atoms with Crippen LogP contribution in [0.2, 0.25) is 0 Å². The Morgan fingerprint density at radius 1 is 1.10 bits per heavy atom. The van der Waals surface area contributed by atoms with Gasteiger partial charge >= 0.3 is 0 Å². The molecule has 0 aliphatic heterocycles. The van der Waals surface area contributed by atoms with E-state index in [2.05, 4.69) is 4.72 Å². The van der Waals surface area contributed by atoms with Crippen molar-refractivity contribution < 1.29 is 13.5 Å². The largest absolute Gasteiger partial charge is 0.398 e. The summed E-state index contributed by atoms with van der Waals surface area (Å²) in [5, 5.41) is 8.68. The van der Waals surface area contributed by atoms with Crippen LogP contribution in [-0.4, -0.2) is 26.7 Å². The van der Waals surface area contributed by atoms with Crippen molar-refractivity contribution in [1.29, 1.82) is 0 Å². The van der Waals surface area contributed by atoms with E-state index in [0.717, 1.165) is 16.7 Å². The van der Waals surface area contributed by atoms with E-state index >= 15 is 0 Å². The summed E-state index contributed by atoms with van der Waals surface area (Å²) in [6, 6.07) is 12.3. The number of hydrogen-bond acceptors (Lipinski definition) is 4. The third-order valence-electron chi connectivity index (χ3n) is 3.18. The van der Waals surface area contributed by atoms with E-state index in [4.69, 9.17) is 10.8 Å². The molecular weight excluding hydrogens is 288 g/mol. The van der Waals surface area contributed by atoms with Crippen LogP contribution in [0.4, 0.5) is 5.69 Å². The number of anilines is 1. The molecular formula is C15H18N2O3S. The van der Waals surface area contributed by atoms with E-state index < -0.39 is 10.0 Å². The van der Waals surface area contributed by atoms with Crippen LogP contribution in [0.3, 0.4) is 0 Å². The predicted octanol–water partition coefficient (Wildman–Crippen LogP) is 1.51. The quantitative estimate of drug-likeness (QED) is 0.730. The van der Waals surface area contributed by atoms with Gasteiger partial charge in [-0.1, -0.05) is 24.3 Å². The summed E-state index contributed by atoms with van der Waals surface area (Å²) < 4.78 is 26.1. The summed E-state index contributed by atoms with van der Waals surface area (Å²) in [6.45, 7) is 1.69. The van der Waals surface area contributed by atoms with E-state index in [1.807, 2.05) is 25.1 Å². The SMILES string of the molecule is Cc1ccc(-c2ccc(S(=O)(=O)NCCO)cc2)cc1N. The number of benzene rings is 2. The molecule has 21 heavy (non-hydrogen) atoms. The number of nitrogens with one attached hydrogen (secondary N) is 1. The molecule has 0 aromatic heterocycles. The highest BCUT2D eigenvalue weighted by Gasteiger charge is 2.13. The summed E-state index contributed by atoms with van der Waals surface area (Å²) >= 11 is 0. The molecule has 0 atom stereocenters. The Morgan fingerprint density at radius 2 is 1.71 bits per heavy atom. The molecule has 0 spiro atoms. The Morgan fingerprint density at radius 3 is 2.29 bits per heavy atom. The highest BCUT2D eigenvalue weighted by molar-refractivity contribution is 7.89. The molecule has 0 heterocycles. The molecule has 0 bridgehead atoms. The van der Waals surface area contributed by atoms with Gasteiger partial charge in [0.1, 0.15) is 0 Å². The van der Waals surface area contributed by atoms with Crippen molar-refractivity contribution in [2.75, 3.05) is 18.9 Å².